The molecule has 0 unspecified atom stereocenters. The van der Waals surface area contributed by atoms with Gasteiger partial charge in [0.15, 0.2) is 0 Å². The first-order valence-electron chi connectivity index (χ1n) is 14.1. The normalized spacial score (nSPS) is 16.3. The molecule has 0 aliphatic carbocycles. The van der Waals surface area contributed by atoms with E-state index < -0.39 is 5.60 Å². The summed E-state index contributed by atoms with van der Waals surface area (Å²) in [5.74, 6) is -0.197. The Balaban J connectivity index is 0.00000118. The smallest absolute Gasteiger partial charge is 0.415 e. The molecule has 0 radical (unpaired) electrons. The number of amides is 1. The standard InChI is InChI=1S/C32H37FN2O2.CO2/c1-3-8-26-20-24(21-27(9-4-2)30(26)25-12-14-28(33)15-13-25)22-34-18-16-32(17-19-34)23-35(31(36)37-32)29-10-6-5-7-11-29;2-1-3/h5-7,10-15,20-21H,3-4,8-9,16-19,22-23H2,1-2H3;. The van der Waals surface area contributed by atoms with Crippen molar-refractivity contribution in [1.29, 1.82) is 0 Å². The number of rotatable bonds is 8. The Bertz CT molecular complexity index is 1290. The molecule has 2 fully saturated rings. The Kier molecular flexibility index (Phi) is 9.86. The molecule has 6 nitrogen and oxygen atoms in total. The highest BCUT2D eigenvalue weighted by Crippen LogP contribution is 2.37. The zero-order chi connectivity index (χ0) is 28.5. The van der Waals surface area contributed by atoms with Crippen LogP contribution in [0.4, 0.5) is 14.9 Å². The van der Waals surface area contributed by atoms with Gasteiger partial charge in [-0.05, 0) is 64.9 Å². The van der Waals surface area contributed by atoms with Crippen molar-refractivity contribution in [1.82, 2.24) is 4.90 Å². The van der Waals surface area contributed by atoms with Crippen LogP contribution in [0, 0.1) is 5.82 Å². The monoisotopic (exact) mass is 544 g/mol. The molecule has 1 amide bonds. The number of piperidine rings is 1. The number of aryl methyl sites for hydroxylation is 2. The number of hydrogen-bond acceptors (Lipinski definition) is 5. The Morgan fingerprint density at radius 3 is 2.02 bits per heavy atom. The molecule has 0 bridgehead atoms. The minimum absolute atomic E-state index is 0.197. The lowest BCUT2D eigenvalue weighted by Gasteiger charge is -2.37. The van der Waals surface area contributed by atoms with E-state index in [2.05, 4.69) is 30.9 Å². The number of halogens is 1. The van der Waals surface area contributed by atoms with Crippen LogP contribution in [0.2, 0.25) is 0 Å². The van der Waals surface area contributed by atoms with Crippen molar-refractivity contribution in [2.75, 3.05) is 24.5 Å². The lowest BCUT2D eigenvalue weighted by atomic mass is 9.87. The van der Waals surface area contributed by atoms with E-state index in [-0.39, 0.29) is 18.1 Å². The average Bonchev–Trinajstić information content (AvgIpc) is 3.27. The highest BCUT2D eigenvalue weighted by atomic mass is 19.1. The number of anilines is 1. The van der Waals surface area contributed by atoms with Crippen LogP contribution in [0.3, 0.4) is 0 Å². The lowest BCUT2D eigenvalue weighted by Crippen LogP contribution is -2.46. The molecule has 0 aromatic heterocycles. The molecule has 1 spiro atoms. The van der Waals surface area contributed by atoms with Gasteiger partial charge in [0.2, 0.25) is 0 Å². The fourth-order valence-electron chi connectivity index (χ4n) is 5.92. The molecule has 0 N–H and O–H groups in total. The van der Waals surface area contributed by atoms with Crippen molar-refractivity contribution in [2.24, 2.45) is 0 Å². The molecule has 3 aromatic carbocycles. The molecule has 0 saturated carbocycles. The van der Waals surface area contributed by atoms with Gasteiger partial charge in [-0.25, -0.2) is 9.18 Å². The van der Waals surface area contributed by atoms with Gasteiger partial charge >= 0.3 is 12.2 Å². The summed E-state index contributed by atoms with van der Waals surface area (Å²) in [5, 5.41) is 0. The predicted octanol–water partition coefficient (Wildman–Crippen LogP) is 6.81. The largest absolute Gasteiger partial charge is 0.441 e. The quantitative estimate of drug-likeness (QED) is 0.312. The molecule has 5 rings (SSSR count). The van der Waals surface area contributed by atoms with E-state index in [4.69, 9.17) is 14.3 Å². The van der Waals surface area contributed by atoms with Crippen molar-refractivity contribution in [3.8, 4) is 11.1 Å². The third-order valence-electron chi connectivity index (χ3n) is 7.74. The Morgan fingerprint density at radius 2 is 1.48 bits per heavy atom. The number of benzene rings is 3. The van der Waals surface area contributed by atoms with Crippen LogP contribution in [0.15, 0.2) is 66.7 Å². The number of hydrogen-bond donors (Lipinski definition) is 0. The molecule has 7 heteroatoms. The number of likely N-dealkylation sites (tertiary alicyclic amines) is 1. The van der Waals surface area contributed by atoms with Gasteiger partial charge in [0, 0.05) is 38.2 Å². The molecule has 2 saturated heterocycles. The maximum Gasteiger partial charge on any atom is 0.415 e. The van der Waals surface area contributed by atoms with Gasteiger partial charge in [-0.3, -0.25) is 9.80 Å². The Labute approximate surface area is 235 Å². The Hall–Kier alpha value is -3.80. The van der Waals surface area contributed by atoms with E-state index in [1.54, 1.807) is 17.0 Å². The molecule has 40 heavy (non-hydrogen) atoms. The molecule has 2 aliphatic rings. The summed E-state index contributed by atoms with van der Waals surface area (Å²) in [6.07, 6.45) is 5.86. The number of ether oxygens (including phenoxy) is 1. The van der Waals surface area contributed by atoms with Crippen LogP contribution in [0.25, 0.3) is 11.1 Å². The first-order valence-corrected chi connectivity index (χ1v) is 14.1. The van der Waals surface area contributed by atoms with Crippen LogP contribution in [0.1, 0.15) is 56.2 Å². The fourth-order valence-corrected chi connectivity index (χ4v) is 5.92. The first-order chi connectivity index (χ1) is 19.4. The van der Waals surface area contributed by atoms with E-state index in [1.165, 1.54) is 22.3 Å². The number of carbonyl (C=O) groups is 1. The number of nitrogens with zero attached hydrogens (tertiary/aromatic N) is 2. The predicted molar refractivity (Wildman–Crippen MR) is 152 cm³/mol. The minimum Gasteiger partial charge on any atom is -0.441 e. The highest BCUT2D eigenvalue weighted by Gasteiger charge is 2.47. The van der Waals surface area contributed by atoms with E-state index in [0.29, 0.717) is 6.54 Å². The van der Waals surface area contributed by atoms with Crippen molar-refractivity contribution >= 4 is 17.9 Å². The van der Waals surface area contributed by atoms with E-state index in [9.17, 15) is 9.18 Å². The summed E-state index contributed by atoms with van der Waals surface area (Å²) in [7, 11) is 0. The van der Waals surface area contributed by atoms with Crippen molar-refractivity contribution < 1.29 is 23.5 Å². The summed E-state index contributed by atoms with van der Waals surface area (Å²) in [4.78, 5) is 33.2. The molecule has 210 valence electrons. The van der Waals surface area contributed by atoms with Gasteiger partial charge in [0.25, 0.3) is 0 Å². The van der Waals surface area contributed by atoms with Crippen LogP contribution in [0.5, 0.6) is 0 Å². The first kappa shape index (κ1) is 29.2. The summed E-state index contributed by atoms with van der Waals surface area (Å²) >= 11 is 0. The third-order valence-corrected chi connectivity index (χ3v) is 7.74. The van der Waals surface area contributed by atoms with Crippen molar-refractivity contribution in [3.63, 3.8) is 0 Å². The molecule has 2 heterocycles. The molecule has 0 atom stereocenters. The zero-order valence-corrected chi connectivity index (χ0v) is 23.3. The van der Waals surface area contributed by atoms with E-state index in [0.717, 1.165) is 69.4 Å². The number of para-hydroxylation sites is 1. The van der Waals surface area contributed by atoms with Crippen LogP contribution < -0.4 is 4.90 Å². The second kappa shape index (κ2) is 13.5. The summed E-state index contributed by atoms with van der Waals surface area (Å²) in [6, 6.07) is 21.5. The van der Waals surface area contributed by atoms with Crippen LogP contribution in [-0.4, -0.2) is 42.4 Å². The SMILES string of the molecule is CCCc1cc(CN2CCC3(CC2)CN(c2ccccc2)C(=O)O3)cc(CCC)c1-c1ccc(F)cc1.O=C=O. The van der Waals surface area contributed by atoms with E-state index in [1.807, 2.05) is 42.5 Å². The van der Waals surface area contributed by atoms with Crippen molar-refractivity contribution in [3.05, 3.63) is 89.2 Å². The fraction of sp³-hybridized carbons (Fsp3) is 0.394. The summed E-state index contributed by atoms with van der Waals surface area (Å²) < 4.78 is 19.6. The van der Waals surface area contributed by atoms with Gasteiger partial charge < -0.3 is 4.74 Å². The summed E-state index contributed by atoms with van der Waals surface area (Å²) in [5.41, 5.74) is 6.94. The molecule has 3 aromatic rings. The second-order valence-electron chi connectivity index (χ2n) is 10.6. The minimum atomic E-state index is -0.392. The molecular formula is C33H37FN2O4. The second-order valence-corrected chi connectivity index (χ2v) is 10.6. The summed E-state index contributed by atoms with van der Waals surface area (Å²) in [6.45, 7) is 7.75. The van der Waals surface area contributed by atoms with Crippen molar-refractivity contribution in [2.45, 2.75) is 64.5 Å². The Morgan fingerprint density at radius 1 is 0.900 bits per heavy atom. The average molecular weight is 545 g/mol. The van der Waals surface area contributed by atoms with Gasteiger partial charge in [-0.2, -0.15) is 9.59 Å². The van der Waals surface area contributed by atoms with Gasteiger partial charge in [0.1, 0.15) is 11.4 Å². The van der Waals surface area contributed by atoms with Crippen LogP contribution in [-0.2, 0) is 33.7 Å². The maximum atomic E-state index is 13.6. The van der Waals surface area contributed by atoms with Gasteiger partial charge in [-0.1, -0.05) is 69.2 Å². The molecule has 2 aliphatic heterocycles. The molecular weight excluding hydrogens is 507 g/mol. The third kappa shape index (κ3) is 6.85. The van der Waals surface area contributed by atoms with Gasteiger partial charge in [0.05, 0.1) is 6.54 Å². The van der Waals surface area contributed by atoms with Crippen LogP contribution >= 0.6 is 0 Å². The number of carbonyl (C=O) groups excluding carboxylic acids is 3. The highest BCUT2D eigenvalue weighted by molar-refractivity contribution is 5.90. The topological polar surface area (TPSA) is 66.9 Å². The van der Waals surface area contributed by atoms with Gasteiger partial charge in [-0.15, -0.1) is 0 Å². The maximum absolute atomic E-state index is 13.6. The zero-order valence-electron chi connectivity index (χ0n) is 23.3. The van der Waals surface area contributed by atoms with E-state index >= 15 is 0 Å². The lowest BCUT2D eigenvalue weighted by molar-refractivity contribution is -0.191.